The van der Waals surface area contributed by atoms with Crippen LogP contribution in [0.4, 0.5) is 5.69 Å². The molecule has 7 nitrogen and oxygen atoms in total. The Hall–Kier alpha value is -3.19. The number of hydrogen-bond donors (Lipinski definition) is 1. The Labute approximate surface area is 182 Å². The molecule has 160 valence electrons. The smallest absolute Gasteiger partial charge is 0.229 e. The molecule has 0 aliphatic carbocycles. The van der Waals surface area contributed by atoms with E-state index in [1.807, 2.05) is 71.5 Å². The topological polar surface area (TPSA) is 72.3 Å². The van der Waals surface area contributed by atoms with Crippen molar-refractivity contribution in [3.8, 4) is 5.75 Å². The van der Waals surface area contributed by atoms with Crippen LogP contribution in [0.2, 0.25) is 0 Å². The number of rotatable bonds is 7. The lowest BCUT2D eigenvalue weighted by molar-refractivity contribution is -0.127. The van der Waals surface area contributed by atoms with Gasteiger partial charge in [-0.05, 0) is 49.6 Å². The number of nitrogens with one attached hydrogen (secondary N) is 1. The number of nitrogens with zero attached hydrogens (tertiary/aromatic N) is 4. The number of benzene rings is 2. The van der Waals surface area contributed by atoms with Gasteiger partial charge in [-0.3, -0.25) is 14.4 Å². The molecule has 1 amide bonds. The van der Waals surface area contributed by atoms with Crippen LogP contribution in [0.1, 0.15) is 18.5 Å². The van der Waals surface area contributed by atoms with Crippen molar-refractivity contribution in [2.24, 2.45) is 11.8 Å². The molecular formula is C24H27N5O2. The van der Waals surface area contributed by atoms with Gasteiger partial charge in [-0.25, -0.2) is 0 Å². The Morgan fingerprint density at radius 3 is 2.61 bits per heavy atom. The fraction of sp³-hybridized carbons (Fsp3) is 0.375. The van der Waals surface area contributed by atoms with Gasteiger partial charge in [0.05, 0.1) is 18.7 Å². The van der Waals surface area contributed by atoms with Gasteiger partial charge in [0, 0.05) is 18.3 Å². The number of hydrogen-bond acceptors (Lipinski definition) is 5. The highest BCUT2D eigenvalue weighted by atomic mass is 16.5. The highest BCUT2D eigenvalue weighted by Crippen LogP contribution is 2.37. The summed E-state index contributed by atoms with van der Waals surface area (Å²) in [6.07, 6.45) is 4.06. The van der Waals surface area contributed by atoms with E-state index in [2.05, 4.69) is 20.5 Å². The maximum absolute atomic E-state index is 12.8. The number of anilines is 1. The molecule has 0 spiro atoms. The summed E-state index contributed by atoms with van der Waals surface area (Å²) in [6.45, 7) is 3.06. The lowest BCUT2D eigenvalue weighted by Crippen LogP contribution is -2.57. The first-order valence-electron chi connectivity index (χ1n) is 10.9. The van der Waals surface area contributed by atoms with Gasteiger partial charge in [0.2, 0.25) is 5.91 Å². The SMILES string of the molecule is O=C(Nc1ccccc1)C1CN2CCC1CC2Cn1cc(COc2ccccc2)nn1. The van der Waals surface area contributed by atoms with Gasteiger partial charge < -0.3 is 10.1 Å². The Morgan fingerprint density at radius 2 is 1.87 bits per heavy atom. The van der Waals surface area contributed by atoms with Crippen molar-refractivity contribution in [1.82, 2.24) is 19.9 Å². The van der Waals surface area contributed by atoms with Crippen LogP contribution in [-0.4, -0.2) is 44.9 Å². The molecule has 2 bridgehead atoms. The van der Waals surface area contributed by atoms with Crippen LogP contribution in [-0.2, 0) is 17.9 Å². The van der Waals surface area contributed by atoms with Gasteiger partial charge in [-0.1, -0.05) is 41.6 Å². The number of carbonyl (C=O) groups is 1. The van der Waals surface area contributed by atoms with Crippen LogP contribution in [0.25, 0.3) is 0 Å². The Morgan fingerprint density at radius 1 is 1.10 bits per heavy atom. The van der Waals surface area contributed by atoms with E-state index in [1.54, 1.807) is 0 Å². The highest BCUT2D eigenvalue weighted by molar-refractivity contribution is 5.93. The van der Waals surface area contributed by atoms with Crippen LogP contribution >= 0.6 is 0 Å². The van der Waals surface area contributed by atoms with E-state index < -0.39 is 0 Å². The number of aromatic nitrogens is 3. The molecule has 3 fully saturated rings. The van der Waals surface area contributed by atoms with Crippen molar-refractivity contribution in [3.63, 3.8) is 0 Å². The average Bonchev–Trinajstić information content (AvgIpc) is 3.27. The molecule has 4 heterocycles. The number of carbonyl (C=O) groups excluding carboxylic acids is 1. The summed E-state index contributed by atoms with van der Waals surface area (Å²) in [5.41, 5.74) is 1.69. The molecule has 3 aliphatic rings. The van der Waals surface area contributed by atoms with Crippen molar-refractivity contribution >= 4 is 11.6 Å². The predicted molar refractivity (Wildman–Crippen MR) is 117 cm³/mol. The molecule has 4 unspecified atom stereocenters. The summed E-state index contributed by atoms with van der Waals surface area (Å²) in [5.74, 6) is 1.44. The third kappa shape index (κ3) is 4.61. The molecule has 1 aromatic heterocycles. The number of ether oxygens (including phenoxy) is 1. The van der Waals surface area contributed by atoms with Crippen molar-refractivity contribution in [1.29, 1.82) is 0 Å². The van der Waals surface area contributed by atoms with E-state index in [0.717, 1.165) is 49.6 Å². The molecule has 0 saturated carbocycles. The fourth-order valence-corrected chi connectivity index (χ4v) is 4.77. The zero-order valence-electron chi connectivity index (χ0n) is 17.4. The second-order valence-electron chi connectivity index (χ2n) is 8.43. The largest absolute Gasteiger partial charge is 0.487 e. The van der Waals surface area contributed by atoms with Crippen LogP contribution in [0, 0.1) is 11.8 Å². The van der Waals surface area contributed by atoms with Crippen LogP contribution in [0.15, 0.2) is 66.9 Å². The maximum Gasteiger partial charge on any atom is 0.229 e. The van der Waals surface area contributed by atoms with Crippen LogP contribution in [0.3, 0.4) is 0 Å². The summed E-state index contributed by atoms with van der Waals surface area (Å²) in [6, 6.07) is 19.8. The van der Waals surface area contributed by atoms with Crippen molar-refractivity contribution < 1.29 is 9.53 Å². The van der Waals surface area contributed by atoms with Gasteiger partial charge >= 0.3 is 0 Å². The summed E-state index contributed by atoms with van der Waals surface area (Å²) in [4.78, 5) is 15.3. The predicted octanol–water partition coefficient (Wildman–Crippen LogP) is 3.21. The second-order valence-corrected chi connectivity index (χ2v) is 8.43. The maximum atomic E-state index is 12.8. The number of amides is 1. The van der Waals surface area contributed by atoms with E-state index in [9.17, 15) is 4.79 Å². The third-order valence-corrected chi connectivity index (χ3v) is 6.37. The van der Waals surface area contributed by atoms with Crippen LogP contribution < -0.4 is 10.1 Å². The number of piperidine rings is 3. The molecule has 4 atom stereocenters. The molecule has 3 aromatic rings. The third-order valence-electron chi connectivity index (χ3n) is 6.37. The Balaban J connectivity index is 1.15. The van der Waals surface area contributed by atoms with E-state index in [-0.39, 0.29) is 11.8 Å². The van der Waals surface area contributed by atoms with E-state index in [1.165, 1.54) is 0 Å². The normalized spacial score (nSPS) is 24.6. The molecule has 0 radical (unpaired) electrons. The summed E-state index contributed by atoms with van der Waals surface area (Å²) < 4.78 is 7.67. The van der Waals surface area contributed by atoms with Gasteiger partial charge in [0.1, 0.15) is 18.1 Å². The van der Waals surface area contributed by atoms with Gasteiger partial charge in [0.15, 0.2) is 0 Å². The molecule has 6 rings (SSSR count). The minimum atomic E-state index is 0.0517. The minimum absolute atomic E-state index is 0.0517. The average molecular weight is 418 g/mol. The summed E-state index contributed by atoms with van der Waals surface area (Å²) >= 11 is 0. The monoisotopic (exact) mass is 417 g/mol. The van der Waals surface area contributed by atoms with Gasteiger partial charge in [0.25, 0.3) is 0 Å². The highest BCUT2D eigenvalue weighted by Gasteiger charge is 2.43. The molecule has 3 aliphatic heterocycles. The van der Waals surface area contributed by atoms with Gasteiger partial charge in [-0.15, -0.1) is 5.10 Å². The van der Waals surface area contributed by atoms with Crippen molar-refractivity contribution in [3.05, 3.63) is 72.6 Å². The van der Waals surface area contributed by atoms with Crippen LogP contribution in [0.5, 0.6) is 5.75 Å². The number of para-hydroxylation sites is 2. The van der Waals surface area contributed by atoms with E-state index in [0.29, 0.717) is 18.6 Å². The second kappa shape index (κ2) is 8.89. The zero-order chi connectivity index (χ0) is 21.0. The Bertz CT molecular complexity index is 1010. The fourth-order valence-electron chi connectivity index (χ4n) is 4.77. The minimum Gasteiger partial charge on any atom is -0.487 e. The lowest BCUT2D eigenvalue weighted by Gasteiger charge is -2.49. The first-order chi connectivity index (χ1) is 15.2. The van der Waals surface area contributed by atoms with E-state index in [4.69, 9.17) is 4.74 Å². The van der Waals surface area contributed by atoms with Crippen molar-refractivity contribution in [2.45, 2.75) is 32.0 Å². The molecule has 3 saturated heterocycles. The number of fused-ring (bicyclic) bond motifs is 3. The Kier molecular flexibility index (Phi) is 5.67. The summed E-state index contributed by atoms with van der Waals surface area (Å²) in [7, 11) is 0. The van der Waals surface area contributed by atoms with Gasteiger partial charge in [-0.2, -0.15) is 0 Å². The molecule has 7 heteroatoms. The first kappa shape index (κ1) is 19.8. The quantitative estimate of drug-likeness (QED) is 0.639. The van der Waals surface area contributed by atoms with Crippen molar-refractivity contribution in [2.75, 3.05) is 18.4 Å². The standard InChI is InChI=1S/C24H27N5O2/c30-24(25-19-7-3-1-4-8-19)23-16-28-12-11-18(23)13-21(28)15-29-14-20(26-27-29)17-31-22-9-5-2-6-10-22/h1-10,14,18,21,23H,11-13,15-17H2,(H,25,30). The zero-order valence-corrected chi connectivity index (χ0v) is 17.4. The molecule has 31 heavy (non-hydrogen) atoms. The first-order valence-corrected chi connectivity index (χ1v) is 10.9. The molecular weight excluding hydrogens is 390 g/mol. The van der Waals surface area contributed by atoms with E-state index >= 15 is 0 Å². The molecule has 2 aromatic carbocycles. The summed E-state index contributed by atoms with van der Waals surface area (Å²) in [5, 5.41) is 11.6. The molecule has 1 N–H and O–H groups in total. The lowest BCUT2D eigenvalue weighted by atomic mass is 9.75.